The topological polar surface area (TPSA) is 60.4 Å². The Balaban J connectivity index is 2.06. The smallest absolute Gasteiger partial charge is 0.310 e. The lowest BCUT2D eigenvalue weighted by Crippen LogP contribution is -2.16. The number of carboxylic acids is 1. The Morgan fingerprint density at radius 1 is 1.24 bits per heavy atom. The molecule has 1 heterocycles. The molecule has 0 spiro atoms. The molecule has 5 heteroatoms. The van der Waals surface area contributed by atoms with Gasteiger partial charge in [0.1, 0.15) is 0 Å². The van der Waals surface area contributed by atoms with Crippen molar-refractivity contribution in [2.24, 2.45) is 0 Å². The lowest BCUT2D eigenvalue weighted by Gasteiger charge is -2.22. The minimum absolute atomic E-state index is 0.562. The maximum atomic E-state index is 12.6. The van der Waals surface area contributed by atoms with E-state index in [1.54, 1.807) is 19.1 Å². The van der Waals surface area contributed by atoms with Crippen LogP contribution in [0.1, 0.15) is 29.5 Å². The molecule has 0 saturated carbocycles. The number of rotatable bonds is 2. The molecule has 2 aromatic carbocycles. The van der Waals surface area contributed by atoms with Crippen LogP contribution in [-0.4, -0.2) is 15.6 Å². The summed E-state index contributed by atoms with van der Waals surface area (Å²) in [5.74, 6) is -1.41. The molecule has 3 rings (SSSR count). The number of hydrogen-bond donors (Lipinski definition) is 1. The van der Waals surface area contributed by atoms with Crippen molar-refractivity contribution in [1.82, 2.24) is 0 Å². The zero-order valence-corrected chi connectivity index (χ0v) is 13.7. The number of halogens is 1. The maximum Gasteiger partial charge on any atom is 0.310 e. The van der Waals surface area contributed by atoms with E-state index in [-0.39, 0.29) is 0 Å². The van der Waals surface area contributed by atoms with Crippen molar-refractivity contribution >= 4 is 33.1 Å². The fourth-order valence-corrected chi connectivity index (χ4v) is 4.29. The molecule has 0 fully saturated rings. The Morgan fingerprint density at radius 3 is 2.52 bits per heavy atom. The fourth-order valence-electron chi connectivity index (χ4n) is 2.52. The molecule has 1 N–H and O–H groups in total. The molecule has 1 aliphatic heterocycles. The lowest BCUT2D eigenvalue weighted by molar-refractivity contribution is -0.138. The number of benzene rings is 2. The van der Waals surface area contributed by atoms with Crippen LogP contribution in [0.3, 0.4) is 0 Å². The van der Waals surface area contributed by atoms with Crippen LogP contribution >= 0.6 is 15.9 Å². The van der Waals surface area contributed by atoms with E-state index in [2.05, 4.69) is 15.9 Å². The first-order valence-electron chi connectivity index (χ1n) is 6.53. The summed E-state index contributed by atoms with van der Waals surface area (Å²) in [6.07, 6.45) is 0.677. The molecule has 0 aliphatic carbocycles. The number of fused-ring (bicyclic) bond motifs is 2. The predicted molar refractivity (Wildman–Crippen MR) is 84.1 cm³/mol. The average molecular weight is 365 g/mol. The molecule has 21 heavy (non-hydrogen) atoms. The van der Waals surface area contributed by atoms with Gasteiger partial charge < -0.3 is 9.66 Å². The summed E-state index contributed by atoms with van der Waals surface area (Å²) >= 11 is 2.23. The monoisotopic (exact) mass is 364 g/mol. The van der Waals surface area contributed by atoms with Crippen molar-refractivity contribution < 1.29 is 14.5 Å². The number of carbonyl (C=O) groups is 1. The third kappa shape index (κ3) is 2.61. The highest BCUT2D eigenvalue weighted by Crippen LogP contribution is 2.36. The van der Waals surface area contributed by atoms with E-state index < -0.39 is 23.1 Å². The molecular weight excluding hydrogens is 352 g/mol. The quantitative estimate of drug-likeness (QED) is 0.826. The molecule has 0 amide bonds. The van der Waals surface area contributed by atoms with Gasteiger partial charge >= 0.3 is 5.97 Å². The van der Waals surface area contributed by atoms with E-state index >= 15 is 0 Å². The van der Waals surface area contributed by atoms with Gasteiger partial charge in [0, 0.05) is 33.2 Å². The Labute approximate surface area is 134 Å². The summed E-state index contributed by atoms with van der Waals surface area (Å²) in [5.41, 5.74) is 2.72. The summed E-state index contributed by atoms with van der Waals surface area (Å²) < 4.78 is 13.6. The molecule has 2 unspecified atom stereocenters. The van der Waals surface area contributed by atoms with Crippen molar-refractivity contribution in [2.45, 2.75) is 29.1 Å². The molecule has 108 valence electrons. The molecule has 2 aromatic rings. The first kappa shape index (κ1) is 14.6. The standard InChI is InChI=1S/C16H13BrO3S/c1-9(16(18)19)10-2-4-14-11(6-10)7-12-8-13(17)3-5-15(12)21(14)20/h2-6,8-9H,7H2,1H3,(H,18,19). The largest absolute Gasteiger partial charge is 0.606 e. The molecule has 3 nitrogen and oxygen atoms in total. The fraction of sp³-hybridized carbons (Fsp3) is 0.188. The normalized spacial score (nSPS) is 17.8. The summed E-state index contributed by atoms with van der Waals surface area (Å²) in [6.45, 7) is 1.66. The summed E-state index contributed by atoms with van der Waals surface area (Å²) in [5, 5.41) is 9.12. The van der Waals surface area contributed by atoms with Crippen molar-refractivity contribution in [3.05, 3.63) is 57.6 Å². The van der Waals surface area contributed by atoms with Gasteiger partial charge in [-0.1, -0.05) is 22.0 Å². The second-order valence-electron chi connectivity index (χ2n) is 5.12. The van der Waals surface area contributed by atoms with Crippen LogP contribution in [0.15, 0.2) is 50.7 Å². The van der Waals surface area contributed by atoms with Gasteiger partial charge in [0.2, 0.25) is 0 Å². The molecular formula is C16H13BrO3S. The van der Waals surface area contributed by atoms with E-state index in [1.807, 2.05) is 24.3 Å². The van der Waals surface area contributed by atoms with Crippen LogP contribution in [0.4, 0.5) is 0 Å². The molecule has 2 atom stereocenters. The highest BCUT2D eigenvalue weighted by Gasteiger charge is 2.29. The average Bonchev–Trinajstić information content (AvgIpc) is 2.45. The Hall–Kier alpha value is -1.30. The third-order valence-corrected chi connectivity index (χ3v) is 5.85. The van der Waals surface area contributed by atoms with Gasteiger partial charge in [-0.05, 0) is 42.8 Å². The van der Waals surface area contributed by atoms with E-state index in [0.29, 0.717) is 6.42 Å². The van der Waals surface area contributed by atoms with Gasteiger partial charge in [0.05, 0.1) is 5.92 Å². The lowest BCUT2D eigenvalue weighted by atomic mass is 9.96. The van der Waals surface area contributed by atoms with Gasteiger partial charge in [-0.2, -0.15) is 0 Å². The summed E-state index contributed by atoms with van der Waals surface area (Å²) in [6, 6.07) is 11.2. The highest BCUT2D eigenvalue weighted by atomic mass is 79.9. The van der Waals surface area contributed by atoms with Crippen LogP contribution in [0.5, 0.6) is 0 Å². The molecule has 1 aliphatic rings. The highest BCUT2D eigenvalue weighted by molar-refractivity contribution is 9.10. The van der Waals surface area contributed by atoms with Crippen molar-refractivity contribution in [3.63, 3.8) is 0 Å². The van der Waals surface area contributed by atoms with E-state index in [9.17, 15) is 9.35 Å². The molecule has 0 bridgehead atoms. The molecule has 0 radical (unpaired) electrons. The Morgan fingerprint density at radius 2 is 1.86 bits per heavy atom. The van der Waals surface area contributed by atoms with E-state index in [4.69, 9.17) is 5.11 Å². The van der Waals surface area contributed by atoms with Crippen molar-refractivity contribution in [3.8, 4) is 0 Å². The second kappa shape index (κ2) is 5.48. The van der Waals surface area contributed by atoms with Crippen molar-refractivity contribution in [2.75, 3.05) is 0 Å². The minimum Gasteiger partial charge on any atom is -0.606 e. The Kier molecular flexibility index (Phi) is 3.82. The molecule has 0 saturated heterocycles. The zero-order valence-electron chi connectivity index (χ0n) is 11.3. The van der Waals surface area contributed by atoms with Crippen LogP contribution in [-0.2, 0) is 22.4 Å². The van der Waals surface area contributed by atoms with Crippen LogP contribution < -0.4 is 0 Å². The third-order valence-electron chi connectivity index (χ3n) is 3.76. The number of hydrogen-bond acceptors (Lipinski definition) is 2. The van der Waals surface area contributed by atoms with Gasteiger partial charge in [0.25, 0.3) is 0 Å². The first-order chi connectivity index (χ1) is 9.97. The second-order valence-corrected chi connectivity index (χ2v) is 7.46. The minimum atomic E-state index is -1.20. The zero-order chi connectivity index (χ0) is 15.1. The number of aliphatic carboxylic acids is 1. The Bertz CT molecular complexity index is 729. The van der Waals surface area contributed by atoms with Crippen LogP contribution in [0.2, 0.25) is 0 Å². The summed E-state index contributed by atoms with van der Waals surface area (Å²) in [4.78, 5) is 12.7. The van der Waals surface area contributed by atoms with Gasteiger partial charge in [-0.3, -0.25) is 4.79 Å². The predicted octanol–water partition coefficient (Wildman–Crippen LogP) is 3.71. The van der Waals surface area contributed by atoms with E-state index in [1.165, 1.54) is 0 Å². The number of carboxylic acid groups (broad SMARTS) is 1. The maximum absolute atomic E-state index is 12.6. The van der Waals surface area contributed by atoms with E-state index in [0.717, 1.165) is 31.0 Å². The van der Waals surface area contributed by atoms with Gasteiger partial charge in [0.15, 0.2) is 9.79 Å². The van der Waals surface area contributed by atoms with Gasteiger partial charge in [-0.15, -0.1) is 0 Å². The van der Waals surface area contributed by atoms with Crippen LogP contribution in [0.25, 0.3) is 0 Å². The first-order valence-corrected chi connectivity index (χ1v) is 8.47. The van der Waals surface area contributed by atoms with Crippen LogP contribution in [0, 0.1) is 0 Å². The van der Waals surface area contributed by atoms with Gasteiger partial charge in [-0.25, -0.2) is 0 Å². The molecule has 0 aromatic heterocycles. The van der Waals surface area contributed by atoms with Crippen molar-refractivity contribution in [1.29, 1.82) is 0 Å². The SMILES string of the molecule is CC(C(=O)O)c1ccc2c(c1)Cc1cc(Br)ccc1[S+]2[O-]. The summed E-state index contributed by atoms with van der Waals surface area (Å²) in [7, 11) is 0.